The van der Waals surface area contributed by atoms with Gasteiger partial charge in [-0.3, -0.25) is 15.0 Å². The summed E-state index contributed by atoms with van der Waals surface area (Å²) in [5, 5.41) is 29.6. The molecule has 1 fully saturated rings. The Labute approximate surface area is 348 Å². The Bertz CT molecular complexity index is 2430. The summed E-state index contributed by atoms with van der Waals surface area (Å²) < 4.78 is 34.3. The van der Waals surface area contributed by atoms with E-state index < -0.39 is 30.0 Å². The van der Waals surface area contributed by atoms with Crippen LogP contribution in [-0.2, 0) is 43.7 Å². The largest absolute Gasteiger partial charge is 0.515 e. The van der Waals surface area contributed by atoms with Crippen LogP contribution in [0.5, 0.6) is 11.8 Å². The van der Waals surface area contributed by atoms with Crippen molar-refractivity contribution in [2.24, 2.45) is 0 Å². The number of nitrogens with zero attached hydrogens (tertiary/aromatic N) is 7. The number of ether oxygens (including phenoxy) is 6. The third-order valence-electron chi connectivity index (χ3n) is 9.57. The molecule has 1 aliphatic rings. The monoisotopic (exact) mass is 837 g/mol. The molecule has 6 aromatic rings. The van der Waals surface area contributed by atoms with Gasteiger partial charge in [-0.25, -0.2) is 19.2 Å². The van der Waals surface area contributed by atoms with Gasteiger partial charge in [-0.1, -0.05) is 73.2 Å². The van der Waals surface area contributed by atoms with Crippen LogP contribution in [0.3, 0.4) is 0 Å². The summed E-state index contributed by atoms with van der Waals surface area (Å²) in [6.45, 7) is 3.46. The molecular weight excluding hydrogens is 794 g/mol. The molecule has 0 amide bonds. The third-order valence-corrected chi connectivity index (χ3v) is 9.57. The number of rotatable bonds is 16. The van der Waals surface area contributed by atoms with Gasteiger partial charge in [-0.15, -0.1) is 15.0 Å². The molecular formula is C42H43N7O12. The van der Waals surface area contributed by atoms with Gasteiger partial charge in [-0.05, 0) is 84.3 Å². The molecule has 0 bridgehead atoms. The van der Waals surface area contributed by atoms with E-state index >= 15 is 0 Å². The van der Waals surface area contributed by atoms with E-state index in [1.807, 2.05) is 55.5 Å². The molecule has 318 valence electrons. The van der Waals surface area contributed by atoms with Crippen molar-refractivity contribution < 1.29 is 58.1 Å². The molecule has 0 spiro atoms. The molecule has 7 rings (SSSR count). The summed E-state index contributed by atoms with van der Waals surface area (Å²) >= 11 is 0. The maximum absolute atomic E-state index is 13.5. The van der Waals surface area contributed by atoms with Crippen LogP contribution in [0.15, 0.2) is 91.0 Å². The van der Waals surface area contributed by atoms with E-state index in [0.717, 1.165) is 53.6 Å². The number of carbonyl (C=O) groups is 3. The molecule has 1 aliphatic carbocycles. The number of benzene rings is 4. The average Bonchev–Trinajstić information content (AvgIpc) is 3.88. The number of hydrogen-bond donors (Lipinski definition) is 2. The summed E-state index contributed by atoms with van der Waals surface area (Å²) in [6.07, 6.45) is 1.40. The average molecular weight is 838 g/mol. The molecule has 1 atom stereocenters. The lowest BCUT2D eigenvalue weighted by Gasteiger charge is -2.22. The zero-order valence-corrected chi connectivity index (χ0v) is 33.3. The zero-order chi connectivity index (χ0) is 42.7. The lowest BCUT2D eigenvalue weighted by Crippen LogP contribution is -2.26. The predicted octanol–water partition coefficient (Wildman–Crippen LogP) is 7.48. The van der Waals surface area contributed by atoms with Crippen LogP contribution in [0.1, 0.15) is 67.4 Å². The number of imidazole rings is 1. The molecule has 0 saturated heterocycles. The van der Waals surface area contributed by atoms with Crippen molar-refractivity contribution in [1.82, 2.24) is 35.1 Å². The Balaban J connectivity index is 1.01. The third kappa shape index (κ3) is 11.0. The van der Waals surface area contributed by atoms with Crippen LogP contribution >= 0.6 is 0 Å². The molecule has 19 heteroatoms. The van der Waals surface area contributed by atoms with Gasteiger partial charge in [0.05, 0.1) is 41.7 Å². The first-order valence-corrected chi connectivity index (χ1v) is 19.5. The van der Waals surface area contributed by atoms with Crippen molar-refractivity contribution in [3.8, 4) is 34.3 Å². The van der Waals surface area contributed by atoms with E-state index in [2.05, 4.69) is 25.2 Å². The van der Waals surface area contributed by atoms with Crippen molar-refractivity contribution in [2.45, 2.75) is 78.2 Å². The predicted molar refractivity (Wildman–Crippen MR) is 212 cm³/mol. The smallest absolute Gasteiger partial charge is 0.465 e. The topological polar surface area (TPSA) is 221 Å². The number of fused-ring (bicyclic) bond motifs is 1. The van der Waals surface area contributed by atoms with Gasteiger partial charge >= 0.3 is 18.3 Å². The Morgan fingerprint density at radius 2 is 1.59 bits per heavy atom. The highest BCUT2D eigenvalue weighted by atomic mass is 17.1. The van der Waals surface area contributed by atoms with E-state index in [0.29, 0.717) is 47.1 Å². The SMILES string of the molecule is CCOc1nc2cccc(C(=O)OC(C)OC(=O)OC3CCCCC3)c2n1Cc1ccc(-c2ccccc2-c2nnn(COC(=O)Oc3ccc(CON(O)O)cc3)n2)cc1. The summed E-state index contributed by atoms with van der Waals surface area (Å²) in [4.78, 5) is 48.6. The van der Waals surface area contributed by atoms with Gasteiger partial charge in [0.15, 0.2) is 0 Å². The molecule has 0 radical (unpaired) electrons. The fourth-order valence-corrected chi connectivity index (χ4v) is 6.77. The number of tetrazole rings is 1. The van der Waals surface area contributed by atoms with Crippen molar-refractivity contribution in [3.63, 3.8) is 0 Å². The highest BCUT2D eigenvalue weighted by molar-refractivity contribution is 6.02. The second-order valence-electron chi connectivity index (χ2n) is 13.8. The first-order chi connectivity index (χ1) is 29.6. The fraction of sp³-hybridized carbons (Fsp3) is 0.310. The number of hydrogen-bond acceptors (Lipinski definition) is 17. The van der Waals surface area contributed by atoms with Crippen LogP contribution in [0, 0.1) is 0 Å². The van der Waals surface area contributed by atoms with Crippen molar-refractivity contribution in [1.29, 1.82) is 0 Å². The molecule has 2 heterocycles. The summed E-state index contributed by atoms with van der Waals surface area (Å²) in [5.74, 6) is -0.215. The summed E-state index contributed by atoms with van der Waals surface area (Å²) in [6, 6.07) is 26.8. The Kier molecular flexibility index (Phi) is 13.8. The second kappa shape index (κ2) is 19.9. The molecule has 19 nitrogen and oxygen atoms in total. The van der Waals surface area contributed by atoms with E-state index in [1.54, 1.807) is 34.9 Å². The van der Waals surface area contributed by atoms with E-state index in [9.17, 15) is 14.4 Å². The van der Waals surface area contributed by atoms with Crippen LogP contribution in [-0.4, -0.2) is 82.8 Å². The van der Waals surface area contributed by atoms with Crippen molar-refractivity contribution >= 4 is 29.3 Å². The van der Waals surface area contributed by atoms with Gasteiger partial charge in [0.1, 0.15) is 11.9 Å². The minimum absolute atomic E-state index is 0.117. The summed E-state index contributed by atoms with van der Waals surface area (Å²) in [5.41, 5.74) is 5.07. The zero-order valence-electron chi connectivity index (χ0n) is 33.3. The minimum atomic E-state index is -1.19. The molecule has 1 unspecified atom stereocenters. The van der Waals surface area contributed by atoms with E-state index in [1.165, 1.54) is 19.1 Å². The van der Waals surface area contributed by atoms with E-state index in [-0.39, 0.29) is 30.8 Å². The Morgan fingerprint density at radius 1 is 0.852 bits per heavy atom. The van der Waals surface area contributed by atoms with Crippen LogP contribution in [0.25, 0.3) is 33.5 Å². The first kappa shape index (κ1) is 42.2. The number of aromatic nitrogens is 6. The second-order valence-corrected chi connectivity index (χ2v) is 13.8. The van der Waals surface area contributed by atoms with E-state index in [4.69, 9.17) is 38.8 Å². The van der Waals surface area contributed by atoms with Crippen LogP contribution in [0.2, 0.25) is 0 Å². The van der Waals surface area contributed by atoms with Crippen molar-refractivity contribution in [2.75, 3.05) is 6.61 Å². The highest BCUT2D eigenvalue weighted by Crippen LogP contribution is 2.32. The van der Waals surface area contributed by atoms with Gasteiger partial charge in [0.25, 0.3) is 6.01 Å². The Hall–Kier alpha value is -6.93. The highest BCUT2D eigenvalue weighted by Gasteiger charge is 2.25. The Morgan fingerprint density at radius 3 is 2.33 bits per heavy atom. The maximum Gasteiger partial charge on any atom is 0.515 e. The quantitative estimate of drug-likeness (QED) is 0.0317. The molecule has 1 saturated carbocycles. The summed E-state index contributed by atoms with van der Waals surface area (Å²) in [7, 11) is 0. The van der Waals surface area contributed by atoms with Crippen molar-refractivity contribution in [3.05, 3.63) is 108 Å². The molecule has 2 aromatic heterocycles. The lowest BCUT2D eigenvalue weighted by atomic mass is 9.98. The normalized spacial score (nSPS) is 13.5. The fourth-order valence-electron chi connectivity index (χ4n) is 6.77. The van der Waals surface area contributed by atoms with Crippen LogP contribution in [0.4, 0.5) is 9.59 Å². The lowest BCUT2D eigenvalue weighted by molar-refractivity contribution is -0.497. The first-order valence-electron chi connectivity index (χ1n) is 19.5. The van der Waals surface area contributed by atoms with Gasteiger partial charge in [-0.2, -0.15) is 4.98 Å². The molecule has 2 N–H and O–H groups in total. The van der Waals surface area contributed by atoms with Gasteiger partial charge in [0, 0.05) is 12.5 Å². The van der Waals surface area contributed by atoms with Gasteiger partial charge in [0.2, 0.25) is 18.8 Å². The number of para-hydroxylation sites is 1. The molecule has 4 aromatic carbocycles. The van der Waals surface area contributed by atoms with Crippen LogP contribution < -0.4 is 9.47 Å². The number of esters is 1. The number of carbonyl (C=O) groups excluding carboxylic acids is 3. The molecule has 61 heavy (non-hydrogen) atoms. The standard InChI is InChI=1S/C42H43N7O12/c1-3-55-40-43-36-15-9-14-35(39(50)58-27(2)59-42(52)61-31-10-5-4-6-11-31)37(36)47(40)24-28-16-20-30(21-17-28)33-12-7-8-13-34(33)38-44-46-48(45-38)26-56-41(51)60-32-22-18-29(19-23-32)25-57-49(53)54/h7-9,12-23,27,31,53-54H,3-6,10-11,24-26H2,1-2H3. The van der Waals surface area contributed by atoms with Gasteiger partial charge < -0.3 is 28.4 Å². The minimum Gasteiger partial charge on any atom is -0.465 e. The molecule has 0 aliphatic heterocycles. The maximum atomic E-state index is 13.5.